The Morgan fingerprint density at radius 2 is 2.10 bits per heavy atom. The SMILES string of the molecule is Cc1cccc(NC(=O)C2CCCN(S(=O)(=O)c3ccc(Cl)cc3[N+](=O)[O-])C2)n1. The van der Waals surface area contributed by atoms with E-state index in [0.29, 0.717) is 18.7 Å². The number of aromatic nitrogens is 1. The first-order valence-electron chi connectivity index (χ1n) is 8.87. The van der Waals surface area contributed by atoms with Crippen molar-refractivity contribution in [2.45, 2.75) is 24.7 Å². The zero-order valence-corrected chi connectivity index (χ0v) is 17.1. The molecule has 154 valence electrons. The van der Waals surface area contributed by atoms with Crippen molar-refractivity contribution in [1.82, 2.24) is 9.29 Å². The molecule has 11 heteroatoms. The summed E-state index contributed by atoms with van der Waals surface area (Å²) in [6.07, 6.45) is 0.965. The van der Waals surface area contributed by atoms with Gasteiger partial charge in [0.2, 0.25) is 15.9 Å². The number of rotatable bonds is 5. The number of pyridine rings is 1. The van der Waals surface area contributed by atoms with E-state index in [1.54, 1.807) is 25.1 Å². The Balaban J connectivity index is 1.81. The number of nitrogens with one attached hydrogen (secondary N) is 1. The summed E-state index contributed by atoms with van der Waals surface area (Å²) < 4.78 is 27.2. The Bertz CT molecular complexity index is 1060. The number of aryl methyl sites for hydroxylation is 1. The number of hydrogen-bond donors (Lipinski definition) is 1. The predicted octanol–water partition coefficient (Wildman–Crippen LogP) is 2.99. The third kappa shape index (κ3) is 4.72. The number of nitrogens with zero attached hydrogens (tertiary/aromatic N) is 3. The van der Waals surface area contributed by atoms with Gasteiger partial charge in [-0.25, -0.2) is 13.4 Å². The van der Waals surface area contributed by atoms with E-state index in [4.69, 9.17) is 11.6 Å². The van der Waals surface area contributed by atoms with Crippen molar-refractivity contribution < 1.29 is 18.1 Å². The lowest BCUT2D eigenvalue weighted by Crippen LogP contribution is -2.43. The second-order valence-corrected chi connectivity index (χ2v) is 9.07. The number of amides is 1. The number of halogens is 1. The van der Waals surface area contributed by atoms with Crippen molar-refractivity contribution in [1.29, 1.82) is 0 Å². The molecule has 1 aromatic carbocycles. The minimum atomic E-state index is -4.16. The molecule has 0 spiro atoms. The maximum Gasteiger partial charge on any atom is 0.290 e. The molecule has 1 aliphatic heterocycles. The first kappa shape index (κ1) is 21.2. The van der Waals surface area contributed by atoms with Crippen LogP contribution < -0.4 is 5.32 Å². The fourth-order valence-corrected chi connectivity index (χ4v) is 5.03. The van der Waals surface area contributed by atoms with Crippen molar-refractivity contribution >= 4 is 39.0 Å². The van der Waals surface area contributed by atoms with Gasteiger partial charge in [-0.3, -0.25) is 14.9 Å². The lowest BCUT2D eigenvalue weighted by atomic mass is 9.99. The molecule has 1 aliphatic rings. The van der Waals surface area contributed by atoms with Gasteiger partial charge in [0.05, 0.1) is 10.8 Å². The average Bonchev–Trinajstić information content (AvgIpc) is 2.67. The number of nitro groups is 1. The van der Waals surface area contributed by atoms with E-state index in [2.05, 4.69) is 10.3 Å². The van der Waals surface area contributed by atoms with Gasteiger partial charge in [0.1, 0.15) is 5.82 Å². The maximum absolute atomic E-state index is 13.0. The summed E-state index contributed by atoms with van der Waals surface area (Å²) in [5, 5.41) is 14.1. The zero-order valence-electron chi connectivity index (χ0n) is 15.5. The molecule has 1 amide bonds. The van der Waals surface area contributed by atoms with Gasteiger partial charge in [0.15, 0.2) is 4.90 Å². The van der Waals surface area contributed by atoms with Crippen LogP contribution in [0.2, 0.25) is 5.02 Å². The smallest absolute Gasteiger partial charge is 0.290 e. The maximum atomic E-state index is 13.0. The number of carbonyl (C=O) groups excluding carboxylic acids is 1. The molecule has 2 heterocycles. The van der Waals surface area contributed by atoms with Crippen LogP contribution >= 0.6 is 11.6 Å². The van der Waals surface area contributed by atoms with Gasteiger partial charge in [-0.2, -0.15) is 4.31 Å². The second-order valence-electron chi connectivity index (χ2n) is 6.72. The molecule has 3 rings (SSSR count). The second kappa shape index (κ2) is 8.44. The summed E-state index contributed by atoms with van der Waals surface area (Å²) in [6, 6.07) is 8.62. The summed E-state index contributed by atoms with van der Waals surface area (Å²) in [6.45, 7) is 1.90. The Morgan fingerprint density at radius 3 is 2.79 bits per heavy atom. The van der Waals surface area contributed by atoms with Gasteiger partial charge >= 0.3 is 0 Å². The molecule has 1 unspecified atom stereocenters. The van der Waals surface area contributed by atoms with E-state index in [1.165, 1.54) is 6.07 Å². The third-order valence-corrected chi connectivity index (χ3v) is 6.78. The average molecular weight is 439 g/mol. The molecule has 1 N–H and O–H groups in total. The van der Waals surface area contributed by atoms with Gasteiger partial charge in [-0.05, 0) is 44.0 Å². The monoisotopic (exact) mass is 438 g/mol. The predicted molar refractivity (Wildman–Crippen MR) is 107 cm³/mol. The van der Waals surface area contributed by atoms with Gasteiger partial charge < -0.3 is 5.32 Å². The topological polar surface area (TPSA) is 123 Å². The molecule has 1 aromatic heterocycles. The van der Waals surface area contributed by atoms with Gasteiger partial charge in [-0.1, -0.05) is 17.7 Å². The summed E-state index contributed by atoms with van der Waals surface area (Å²) >= 11 is 5.78. The van der Waals surface area contributed by atoms with Crippen LogP contribution in [-0.4, -0.2) is 41.6 Å². The highest BCUT2D eigenvalue weighted by molar-refractivity contribution is 7.89. The molecule has 0 radical (unpaired) electrons. The highest BCUT2D eigenvalue weighted by Gasteiger charge is 2.37. The number of benzene rings is 1. The molecule has 29 heavy (non-hydrogen) atoms. The van der Waals surface area contributed by atoms with Crippen LogP contribution in [0.1, 0.15) is 18.5 Å². The third-order valence-electron chi connectivity index (χ3n) is 4.63. The molecule has 1 atom stereocenters. The highest BCUT2D eigenvalue weighted by Crippen LogP contribution is 2.32. The van der Waals surface area contributed by atoms with E-state index >= 15 is 0 Å². The Kier molecular flexibility index (Phi) is 6.15. The lowest BCUT2D eigenvalue weighted by molar-refractivity contribution is -0.387. The largest absolute Gasteiger partial charge is 0.310 e. The molecule has 9 nitrogen and oxygen atoms in total. The molecule has 0 bridgehead atoms. The van der Waals surface area contributed by atoms with E-state index in [9.17, 15) is 23.3 Å². The normalized spacial score (nSPS) is 17.7. The van der Waals surface area contributed by atoms with Crippen LogP contribution in [0.4, 0.5) is 11.5 Å². The fourth-order valence-electron chi connectivity index (χ4n) is 3.21. The highest BCUT2D eigenvalue weighted by atomic mass is 35.5. The van der Waals surface area contributed by atoms with Crippen molar-refractivity contribution in [3.8, 4) is 0 Å². The first-order valence-corrected chi connectivity index (χ1v) is 10.7. The van der Waals surface area contributed by atoms with Crippen LogP contribution in [0.5, 0.6) is 0 Å². The fraction of sp³-hybridized carbons (Fsp3) is 0.333. The number of carbonyl (C=O) groups is 1. The first-order chi connectivity index (χ1) is 13.7. The Labute approximate surface area is 172 Å². The van der Waals surface area contributed by atoms with E-state index in [0.717, 1.165) is 22.1 Å². The molecular formula is C18H19ClN4O5S. The number of nitro benzene ring substituents is 1. The van der Waals surface area contributed by atoms with E-state index < -0.39 is 31.4 Å². The minimum absolute atomic E-state index is 0.0669. The van der Waals surface area contributed by atoms with Gasteiger partial charge in [0.25, 0.3) is 5.69 Å². The minimum Gasteiger partial charge on any atom is -0.310 e. The van der Waals surface area contributed by atoms with Crippen molar-refractivity contribution in [2.24, 2.45) is 5.92 Å². The summed E-state index contributed by atoms with van der Waals surface area (Å²) in [5.74, 6) is -0.538. The molecule has 1 saturated heterocycles. The van der Waals surface area contributed by atoms with Crippen molar-refractivity contribution in [3.63, 3.8) is 0 Å². The lowest BCUT2D eigenvalue weighted by Gasteiger charge is -2.31. The standard InChI is InChI=1S/C18H19ClN4O5S/c1-12-4-2-6-17(20-12)21-18(24)13-5-3-9-22(11-13)29(27,28)16-8-7-14(19)10-15(16)23(25)26/h2,4,6-8,10,13H,3,5,9,11H2,1H3,(H,20,21,24). The Hall–Kier alpha value is -2.56. The van der Waals surface area contributed by atoms with E-state index in [-0.39, 0.29) is 24.0 Å². The molecule has 0 saturated carbocycles. The zero-order chi connectivity index (χ0) is 21.2. The number of sulfonamides is 1. The van der Waals surface area contributed by atoms with Crippen molar-refractivity contribution in [3.05, 3.63) is 57.2 Å². The number of anilines is 1. The number of piperidine rings is 1. The van der Waals surface area contributed by atoms with Crippen LogP contribution in [0, 0.1) is 23.0 Å². The van der Waals surface area contributed by atoms with Crippen LogP contribution in [0.25, 0.3) is 0 Å². The summed E-state index contributed by atoms with van der Waals surface area (Å²) in [7, 11) is -4.16. The molecule has 2 aromatic rings. The van der Waals surface area contributed by atoms with Crippen molar-refractivity contribution in [2.75, 3.05) is 18.4 Å². The molecule has 0 aliphatic carbocycles. The molecule has 1 fully saturated rings. The summed E-state index contributed by atoms with van der Waals surface area (Å²) in [4.78, 5) is 26.9. The van der Waals surface area contributed by atoms with Crippen LogP contribution in [-0.2, 0) is 14.8 Å². The van der Waals surface area contributed by atoms with Crippen LogP contribution in [0.3, 0.4) is 0 Å². The van der Waals surface area contributed by atoms with Gasteiger partial charge in [0, 0.05) is 29.9 Å². The van der Waals surface area contributed by atoms with Crippen LogP contribution in [0.15, 0.2) is 41.3 Å². The molecular weight excluding hydrogens is 420 g/mol. The summed E-state index contributed by atoms with van der Waals surface area (Å²) in [5.41, 5.74) is 0.152. The quantitative estimate of drug-likeness (QED) is 0.565. The van der Waals surface area contributed by atoms with Gasteiger partial charge in [-0.15, -0.1) is 0 Å². The van der Waals surface area contributed by atoms with E-state index in [1.807, 2.05) is 0 Å². The number of hydrogen-bond acceptors (Lipinski definition) is 6. The Morgan fingerprint density at radius 1 is 1.34 bits per heavy atom.